The summed E-state index contributed by atoms with van der Waals surface area (Å²) in [5.74, 6) is 1.34. The fourth-order valence-electron chi connectivity index (χ4n) is 2.81. The van der Waals surface area contributed by atoms with E-state index in [1.165, 1.54) is 17.8 Å². The van der Waals surface area contributed by atoms with Crippen LogP contribution in [-0.4, -0.2) is 24.9 Å². The number of benzene rings is 2. The van der Waals surface area contributed by atoms with Gasteiger partial charge in [0.2, 0.25) is 5.91 Å². The lowest BCUT2D eigenvalue weighted by atomic mass is 9.95. The highest BCUT2D eigenvalue weighted by molar-refractivity contribution is 8.00. The fourth-order valence-corrected chi connectivity index (χ4v) is 3.56. The summed E-state index contributed by atoms with van der Waals surface area (Å²) >= 11 is 1.20. The number of amides is 1. The summed E-state index contributed by atoms with van der Waals surface area (Å²) in [5, 5.41) is 3.05. The van der Waals surface area contributed by atoms with Gasteiger partial charge in [-0.3, -0.25) is 4.79 Å². The molecule has 1 N–H and O–H groups in total. The second kappa shape index (κ2) is 8.45. The fraction of sp³-hybridized carbons (Fsp3) is 0.350. The molecule has 1 atom stereocenters. The second-order valence-corrected chi connectivity index (χ2v) is 7.43. The molecule has 2 aromatic rings. The Balaban J connectivity index is 1.66. The van der Waals surface area contributed by atoms with Crippen LogP contribution in [0.2, 0.25) is 0 Å². The Morgan fingerprint density at radius 1 is 1.15 bits per heavy atom. The topological polar surface area (TPSA) is 47.6 Å². The largest absolute Gasteiger partial charge is 0.486 e. The van der Waals surface area contributed by atoms with E-state index in [1.807, 2.05) is 32.0 Å². The summed E-state index contributed by atoms with van der Waals surface area (Å²) in [7, 11) is 0. The lowest BCUT2D eigenvalue weighted by Gasteiger charge is -2.25. The molecule has 6 heteroatoms. The Morgan fingerprint density at radius 3 is 2.62 bits per heavy atom. The number of halogens is 1. The van der Waals surface area contributed by atoms with Gasteiger partial charge in [-0.1, -0.05) is 32.0 Å². The molecule has 0 unspecified atom stereocenters. The standard InChI is InChI=1S/C20H22FNO3S/c1-13(2)20(14-7-8-16-17(11-14)25-10-9-24-16)22-19(23)12-26-18-6-4-3-5-15(18)21/h3-8,11,13,20H,9-10,12H2,1-2H3,(H,22,23)/t20-/m1/s1. The molecule has 26 heavy (non-hydrogen) atoms. The number of hydrogen-bond acceptors (Lipinski definition) is 4. The Morgan fingerprint density at radius 2 is 1.88 bits per heavy atom. The number of thioether (sulfide) groups is 1. The van der Waals surface area contributed by atoms with Crippen molar-refractivity contribution in [2.24, 2.45) is 5.92 Å². The maximum atomic E-state index is 13.7. The third kappa shape index (κ3) is 4.49. The van der Waals surface area contributed by atoms with Crippen LogP contribution in [0, 0.1) is 11.7 Å². The van der Waals surface area contributed by atoms with E-state index in [4.69, 9.17) is 9.47 Å². The van der Waals surface area contributed by atoms with Crippen molar-refractivity contribution in [1.82, 2.24) is 5.32 Å². The zero-order chi connectivity index (χ0) is 18.5. The molecule has 0 bridgehead atoms. The molecule has 0 saturated heterocycles. The molecule has 0 spiro atoms. The molecular formula is C20H22FNO3S. The van der Waals surface area contributed by atoms with Crippen LogP contribution in [0.4, 0.5) is 4.39 Å². The van der Waals surface area contributed by atoms with Crippen molar-refractivity contribution >= 4 is 17.7 Å². The number of rotatable bonds is 6. The van der Waals surface area contributed by atoms with Crippen LogP contribution < -0.4 is 14.8 Å². The Bertz CT molecular complexity index is 781. The molecule has 1 aliphatic heterocycles. The predicted molar refractivity (Wildman–Crippen MR) is 100 cm³/mol. The zero-order valence-corrected chi connectivity index (χ0v) is 15.6. The lowest BCUT2D eigenvalue weighted by Crippen LogP contribution is -2.33. The number of ether oxygens (including phenoxy) is 2. The van der Waals surface area contributed by atoms with Crippen molar-refractivity contribution in [3.63, 3.8) is 0 Å². The number of nitrogens with one attached hydrogen (secondary N) is 1. The van der Waals surface area contributed by atoms with Crippen LogP contribution >= 0.6 is 11.8 Å². The van der Waals surface area contributed by atoms with E-state index in [0.717, 1.165) is 11.3 Å². The minimum atomic E-state index is -0.308. The third-order valence-corrected chi connectivity index (χ3v) is 5.15. The van der Waals surface area contributed by atoms with Gasteiger partial charge in [0.05, 0.1) is 11.8 Å². The van der Waals surface area contributed by atoms with E-state index in [9.17, 15) is 9.18 Å². The molecule has 3 rings (SSSR count). The van der Waals surface area contributed by atoms with E-state index in [-0.39, 0.29) is 29.4 Å². The highest BCUT2D eigenvalue weighted by Crippen LogP contribution is 2.34. The van der Waals surface area contributed by atoms with Crippen molar-refractivity contribution in [2.75, 3.05) is 19.0 Å². The Labute approximate surface area is 157 Å². The van der Waals surface area contributed by atoms with Gasteiger partial charge in [0, 0.05) is 4.90 Å². The highest BCUT2D eigenvalue weighted by Gasteiger charge is 2.21. The van der Waals surface area contributed by atoms with Gasteiger partial charge >= 0.3 is 0 Å². The predicted octanol–water partition coefficient (Wildman–Crippen LogP) is 4.20. The minimum Gasteiger partial charge on any atom is -0.486 e. The quantitative estimate of drug-likeness (QED) is 0.769. The highest BCUT2D eigenvalue weighted by atomic mass is 32.2. The second-order valence-electron chi connectivity index (χ2n) is 6.41. The normalized spacial score (nSPS) is 14.2. The monoisotopic (exact) mass is 375 g/mol. The summed E-state index contributed by atoms with van der Waals surface area (Å²) in [6.45, 7) is 5.16. The molecule has 0 fully saturated rings. The lowest BCUT2D eigenvalue weighted by molar-refractivity contribution is -0.119. The van der Waals surface area contributed by atoms with Crippen LogP contribution in [0.25, 0.3) is 0 Å². The Hall–Kier alpha value is -2.21. The molecule has 0 radical (unpaired) electrons. The number of carbonyl (C=O) groups excluding carboxylic acids is 1. The number of fused-ring (bicyclic) bond motifs is 1. The zero-order valence-electron chi connectivity index (χ0n) is 14.8. The number of hydrogen-bond donors (Lipinski definition) is 1. The van der Waals surface area contributed by atoms with E-state index in [0.29, 0.717) is 23.9 Å². The summed E-state index contributed by atoms with van der Waals surface area (Å²) in [5.41, 5.74) is 0.966. The molecule has 4 nitrogen and oxygen atoms in total. The van der Waals surface area contributed by atoms with E-state index < -0.39 is 0 Å². The van der Waals surface area contributed by atoms with Crippen molar-refractivity contribution in [3.8, 4) is 11.5 Å². The number of carbonyl (C=O) groups is 1. The average Bonchev–Trinajstić information content (AvgIpc) is 2.65. The first kappa shape index (κ1) is 18.6. The molecule has 0 aliphatic carbocycles. The SMILES string of the molecule is CC(C)[C@@H](NC(=O)CSc1ccccc1F)c1ccc2c(c1)OCCO2. The molecule has 1 amide bonds. The van der Waals surface area contributed by atoms with E-state index in [1.54, 1.807) is 18.2 Å². The van der Waals surface area contributed by atoms with Crippen molar-refractivity contribution in [1.29, 1.82) is 0 Å². The minimum absolute atomic E-state index is 0.133. The van der Waals surface area contributed by atoms with Crippen molar-refractivity contribution in [3.05, 3.63) is 53.8 Å². The molecule has 1 heterocycles. The average molecular weight is 375 g/mol. The van der Waals surface area contributed by atoms with E-state index in [2.05, 4.69) is 5.32 Å². The summed E-state index contributed by atoms with van der Waals surface area (Å²) in [6, 6.07) is 12.1. The maximum absolute atomic E-state index is 13.7. The van der Waals surface area contributed by atoms with Gasteiger partial charge in [0.25, 0.3) is 0 Å². The smallest absolute Gasteiger partial charge is 0.230 e. The van der Waals surface area contributed by atoms with Gasteiger partial charge in [-0.15, -0.1) is 11.8 Å². The van der Waals surface area contributed by atoms with Crippen LogP contribution in [-0.2, 0) is 4.79 Å². The van der Waals surface area contributed by atoms with Crippen molar-refractivity contribution in [2.45, 2.75) is 24.8 Å². The van der Waals surface area contributed by atoms with Crippen LogP contribution in [0.5, 0.6) is 11.5 Å². The first-order valence-electron chi connectivity index (χ1n) is 8.61. The molecule has 0 aromatic heterocycles. The van der Waals surface area contributed by atoms with Gasteiger partial charge < -0.3 is 14.8 Å². The summed E-state index contributed by atoms with van der Waals surface area (Å²) < 4.78 is 24.9. The van der Waals surface area contributed by atoms with Crippen molar-refractivity contribution < 1.29 is 18.7 Å². The van der Waals surface area contributed by atoms with Gasteiger partial charge in [-0.05, 0) is 35.7 Å². The van der Waals surface area contributed by atoms with Gasteiger partial charge in [-0.25, -0.2) is 4.39 Å². The molecular weight excluding hydrogens is 353 g/mol. The van der Waals surface area contributed by atoms with Crippen LogP contribution in [0.3, 0.4) is 0 Å². The molecule has 138 valence electrons. The van der Waals surface area contributed by atoms with Gasteiger partial charge in [0.1, 0.15) is 19.0 Å². The van der Waals surface area contributed by atoms with Gasteiger partial charge in [0.15, 0.2) is 11.5 Å². The van der Waals surface area contributed by atoms with E-state index >= 15 is 0 Å². The summed E-state index contributed by atoms with van der Waals surface area (Å²) in [6.07, 6.45) is 0. The maximum Gasteiger partial charge on any atom is 0.230 e. The first-order chi connectivity index (χ1) is 12.5. The van der Waals surface area contributed by atoms with Gasteiger partial charge in [-0.2, -0.15) is 0 Å². The summed E-state index contributed by atoms with van der Waals surface area (Å²) in [4.78, 5) is 12.9. The molecule has 1 aliphatic rings. The Kier molecular flexibility index (Phi) is 6.04. The van der Waals surface area contributed by atoms with Crippen LogP contribution in [0.1, 0.15) is 25.5 Å². The third-order valence-electron chi connectivity index (χ3n) is 4.10. The van der Waals surface area contributed by atoms with Crippen LogP contribution in [0.15, 0.2) is 47.4 Å². The molecule has 0 saturated carbocycles. The molecule has 2 aromatic carbocycles. The first-order valence-corrected chi connectivity index (χ1v) is 9.59.